The van der Waals surface area contributed by atoms with Crippen LogP contribution in [0.5, 0.6) is 0 Å². The number of benzene rings is 1. The van der Waals surface area contributed by atoms with E-state index >= 15 is 0 Å². The van der Waals surface area contributed by atoms with E-state index in [4.69, 9.17) is 12.2 Å². The summed E-state index contributed by atoms with van der Waals surface area (Å²) in [6, 6.07) is 5.68. The zero-order chi connectivity index (χ0) is 14.7. The molecule has 1 aliphatic carbocycles. The molecule has 5 heteroatoms. The first kappa shape index (κ1) is 15.1. The van der Waals surface area contributed by atoms with Gasteiger partial charge >= 0.3 is 0 Å². The van der Waals surface area contributed by atoms with Gasteiger partial charge in [0.15, 0.2) is 5.11 Å². The Morgan fingerprint density at radius 2 is 1.95 bits per heavy atom. The fourth-order valence-corrected chi connectivity index (χ4v) is 4.56. The van der Waals surface area contributed by atoms with Crippen LogP contribution < -0.4 is 10.6 Å². The van der Waals surface area contributed by atoms with E-state index in [-0.39, 0.29) is 11.9 Å². The van der Waals surface area contributed by atoms with E-state index in [0.29, 0.717) is 11.2 Å². The average Bonchev–Trinajstić information content (AvgIpc) is 2.49. The largest absolute Gasteiger partial charge is 0.360 e. The van der Waals surface area contributed by atoms with E-state index in [1.807, 2.05) is 6.07 Å². The zero-order valence-corrected chi connectivity index (χ0v) is 13.7. The molecule has 0 spiro atoms. The fourth-order valence-electron chi connectivity index (χ4n) is 3.15. The Morgan fingerprint density at radius 1 is 1.14 bits per heavy atom. The van der Waals surface area contributed by atoms with Crippen molar-refractivity contribution in [2.75, 3.05) is 5.75 Å². The maximum absolute atomic E-state index is 13.5. The minimum atomic E-state index is -0.172. The SMILES string of the molecule is Fc1ccc2c(c1)[C@@H](NC(=S)NC1CCCCC1)CCS2. The summed E-state index contributed by atoms with van der Waals surface area (Å²) in [4.78, 5) is 1.17. The number of nitrogens with one attached hydrogen (secondary N) is 2. The second-order valence-electron chi connectivity index (χ2n) is 5.82. The molecule has 0 radical (unpaired) electrons. The van der Waals surface area contributed by atoms with Gasteiger partial charge in [-0.15, -0.1) is 11.8 Å². The smallest absolute Gasteiger partial charge is 0.166 e. The summed E-state index contributed by atoms with van der Waals surface area (Å²) in [5.41, 5.74) is 1.04. The van der Waals surface area contributed by atoms with E-state index in [2.05, 4.69) is 10.6 Å². The minimum absolute atomic E-state index is 0.126. The van der Waals surface area contributed by atoms with Crippen LogP contribution >= 0.6 is 24.0 Å². The monoisotopic (exact) mass is 324 g/mol. The summed E-state index contributed by atoms with van der Waals surface area (Å²) in [7, 11) is 0. The molecule has 21 heavy (non-hydrogen) atoms. The molecule has 1 aromatic carbocycles. The van der Waals surface area contributed by atoms with Crippen molar-refractivity contribution in [3.05, 3.63) is 29.6 Å². The molecule has 2 nitrogen and oxygen atoms in total. The summed E-state index contributed by atoms with van der Waals surface area (Å²) in [5, 5.41) is 7.54. The van der Waals surface area contributed by atoms with Gasteiger partial charge < -0.3 is 10.6 Å². The summed E-state index contributed by atoms with van der Waals surface area (Å²) in [6.45, 7) is 0. The van der Waals surface area contributed by atoms with Gasteiger partial charge in [0, 0.05) is 16.7 Å². The van der Waals surface area contributed by atoms with Crippen LogP contribution in [0.1, 0.15) is 50.1 Å². The molecule has 1 fully saturated rings. The number of rotatable bonds is 2. The van der Waals surface area contributed by atoms with Crippen molar-refractivity contribution in [1.29, 1.82) is 0 Å². The van der Waals surface area contributed by atoms with Crippen molar-refractivity contribution >= 4 is 29.1 Å². The molecule has 3 rings (SSSR count). The Labute approximate surface area is 135 Å². The van der Waals surface area contributed by atoms with E-state index in [1.165, 1.54) is 43.1 Å². The number of thiocarbonyl (C=S) groups is 1. The number of hydrogen-bond acceptors (Lipinski definition) is 2. The Kier molecular flexibility index (Phi) is 5.01. The van der Waals surface area contributed by atoms with Crippen molar-refractivity contribution in [3.63, 3.8) is 0 Å². The summed E-state index contributed by atoms with van der Waals surface area (Å²) >= 11 is 7.25. The molecule has 1 aromatic rings. The standard InChI is InChI=1S/C16H21FN2S2/c17-11-6-7-15-13(10-11)14(8-9-21-15)19-16(20)18-12-4-2-1-3-5-12/h6-7,10,12,14H,1-5,8-9H2,(H2,18,19,20)/t14-/m0/s1. The number of fused-ring (bicyclic) bond motifs is 1. The minimum Gasteiger partial charge on any atom is -0.360 e. The maximum atomic E-state index is 13.5. The molecule has 1 atom stereocenters. The molecule has 2 N–H and O–H groups in total. The van der Waals surface area contributed by atoms with Gasteiger partial charge in [0.2, 0.25) is 0 Å². The first-order valence-corrected chi connectivity index (χ1v) is 9.11. The predicted octanol–water partition coefficient (Wildman–Crippen LogP) is 4.16. The Morgan fingerprint density at radius 3 is 2.76 bits per heavy atom. The summed E-state index contributed by atoms with van der Waals surface area (Å²) in [5.74, 6) is 0.872. The highest BCUT2D eigenvalue weighted by atomic mass is 32.2. The predicted molar refractivity (Wildman–Crippen MR) is 90.2 cm³/mol. The van der Waals surface area contributed by atoms with Crippen molar-refractivity contribution in [1.82, 2.24) is 10.6 Å². The van der Waals surface area contributed by atoms with Crippen molar-refractivity contribution in [2.24, 2.45) is 0 Å². The van der Waals surface area contributed by atoms with Crippen LogP contribution in [0, 0.1) is 5.82 Å². The van der Waals surface area contributed by atoms with E-state index < -0.39 is 0 Å². The van der Waals surface area contributed by atoms with E-state index in [0.717, 1.165) is 17.7 Å². The molecular weight excluding hydrogens is 303 g/mol. The van der Waals surface area contributed by atoms with E-state index in [1.54, 1.807) is 17.8 Å². The molecule has 0 unspecified atom stereocenters. The Bertz CT molecular complexity index is 515. The van der Waals surface area contributed by atoms with Gasteiger partial charge in [0.05, 0.1) is 6.04 Å². The molecule has 1 heterocycles. The van der Waals surface area contributed by atoms with Gasteiger partial charge in [0.25, 0.3) is 0 Å². The van der Waals surface area contributed by atoms with Crippen molar-refractivity contribution in [3.8, 4) is 0 Å². The number of halogens is 1. The normalized spacial score (nSPS) is 22.4. The van der Waals surface area contributed by atoms with Crippen LogP contribution in [0.4, 0.5) is 4.39 Å². The highest BCUT2D eigenvalue weighted by molar-refractivity contribution is 7.99. The molecule has 0 bridgehead atoms. The van der Waals surface area contributed by atoms with Gasteiger partial charge in [-0.05, 0) is 55.2 Å². The molecule has 0 amide bonds. The average molecular weight is 324 g/mol. The molecule has 1 saturated carbocycles. The van der Waals surface area contributed by atoms with Gasteiger partial charge in [-0.1, -0.05) is 19.3 Å². The van der Waals surface area contributed by atoms with E-state index in [9.17, 15) is 4.39 Å². The Balaban J connectivity index is 1.63. The lowest BCUT2D eigenvalue weighted by molar-refractivity contribution is 0.409. The first-order valence-electron chi connectivity index (χ1n) is 7.71. The van der Waals surface area contributed by atoms with Crippen LogP contribution in [0.15, 0.2) is 23.1 Å². The molecule has 0 saturated heterocycles. The molecule has 2 aliphatic rings. The highest BCUT2D eigenvalue weighted by Gasteiger charge is 2.23. The molecule has 114 valence electrons. The lowest BCUT2D eigenvalue weighted by Crippen LogP contribution is -2.44. The lowest BCUT2D eigenvalue weighted by atomic mass is 9.96. The van der Waals surface area contributed by atoms with Gasteiger partial charge in [-0.2, -0.15) is 0 Å². The fraction of sp³-hybridized carbons (Fsp3) is 0.562. The highest BCUT2D eigenvalue weighted by Crippen LogP contribution is 2.36. The third-order valence-electron chi connectivity index (χ3n) is 4.26. The van der Waals surface area contributed by atoms with Crippen molar-refractivity contribution in [2.45, 2.75) is 55.5 Å². The van der Waals surface area contributed by atoms with Crippen molar-refractivity contribution < 1.29 is 4.39 Å². The molecule has 0 aromatic heterocycles. The maximum Gasteiger partial charge on any atom is 0.166 e. The quantitative estimate of drug-likeness (QED) is 0.798. The third-order valence-corrected chi connectivity index (χ3v) is 5.62. The van der Waals surface area contributed by atoms with Crippen LogP contribution in [0.3, 0.4) is 0 Å². The van der Waals surface area contributed by atoms with Crippen LogP contribution in [0.25, 0.3) is 0 Å². The van der Waals surface area contributed by atoms with Crippen LogP contribution in [-0.4, -0.2) is 16.9 Å². The topological polar surface area (TPSA) is 24.1 Å². The van der Waals surface area contributed by atoms with Gasteiger partial charge in [-0.25, -0.2) is 4.39 Å². The van der Waals surface area contributed by atoms with Gasteiger partial charge in [0.1, 0.15) is 5.82 Å². The second kappa shape index (κ2) is 6.97. The van der Waals surface area contributed by atoms with Gasteiger partial charge in [-0.3, -0.25) is 0 Å². The Hall–Kier alpha value is -0.810. The number of hydrogen-bond donors (Lipinski definition) is 2. The first-order chi connectivity index (χ1) is 10.2. The van der Waals surface area contributed by atoms with Crippen LogP contribution in [-0.2, 0) is 0 Å². The summed E-state index contributed by atoms with van der Waals surface area (Å²) < 4.78 is 13.5. The second-order valence-corrected chi connectivity index (χ2v) is 7.37. The summed E-state index contributed by atoms with van der Waals surface area (Å²) in [6.07, 6.45) is 7.29. The zero-order valence-electron chi connectivity index (χ0n) is 12.0. The van der Waals surface area contributed by atoms with Crippen LogP contribution in [0.2, 0.25) is 0 Å². The molecule has 1 aliphatic heterocycles. The molecular formula is C16H21FN2S2. The third kappa shape index (κ3) is 3.89. The lowest BCUT2D eigenvalue weighted by Gasteiger charge is -2.30. The number of thioether (sulfide) groups is 1.